The molecular weight excluding hydrogens is 493 g/mol. The van der Waals surface area contributed by atoms with Crippen molar-refractivity contribution in [3.05, 3.63) is 99.5 Å². The Hall–Kier alpha value is -2.99. The minimum absolute atomic E-state index is 0. The SMILES string of the molecule is CC1(C)Cc2ccccc2C(=C(C(=O)Nc2ccc(Cl)cc2)C(=O)Nc2ccc(Cl)cc2)N1.Cl. The summed E-state index contributed by atoms with van der Waals surface area (Å²) in [4.78, 5) is 27.0. The van der Waals surface area contributed by atoms with Gasteiger partial charge in [-0.1, -0.05) is 47.5 Å². The van der Waals surface area contributed by atoms with Crippen LogP contribution in [0, 0.1) is 0 Å². The highest BCUT2D eigenvalue weighted by Gasteiger charge is 2.33. The van der Waals surface area contributed by atoms with E-state index < -0.39 is 11.8 Å². The predicted octanol–water partition coefficient (Wildman–Crippen LogP) is 6.33. The van der Waals surface area contributed by atoms with E-state index in [1.54, 1.807) is 48.5 Å². The summed E-state index contributed by atoms with van der Waals surface area (Å²) >= 11 is 11.9. The van der Waals surface area contributed by atoms with Crippen LogP contribution in [0.1, 0.15) is 25.0 Å². The number of hydrogen-bond acceptors (Lipinski definition) is 3. The molecule has 0 saturated heterocycles. The van der Waals surface area contributed by atoms with E-state index in [1.807, 2.05) is 38.1 Å². The molecule has 34 heavy (non-hydrogen) atoms. The second-order valence-corrected chi connectivity index (χ2v) is 9.39. The van der Waals surface area contributed by atoms with E-state index >= 15 is 0 Å². The van der Waals surface area contributed by atoms with Gasteiger partial charge in [-0.3, -0.25) is 9.59 Å². The molecule has 4 rings (SSSR count). The molecule has 3 aromatic carbocycles. The molecule has 0 unspecified atom stereocenters. The number of halogens is 3. The highest BCUT2D eigenvalue weighted by atomic mass is 35.5. The normalized spacial score (nSPS) is 13.6. The fourth-order valence-corrected chi connectivity index (χ4v) is 4.08. The van der Waals surface area contributed by atoms with Gasteiger partial charge < -0.3 is 16.0 Å². The molecular formula is C26H24Cl3N3O2. The van der Waals surface area contributed by atoms with Gasteiger partial charge in [-0.15, -0.1) is 12.4 Å². The minimum atomic E-state index is -0.529. The molecule has 3 aromatic rings. The second kappa shape index (κ2) is 10.5. The Kier molecular flexibility index (Phi) is 7.93. The molecule has 0 atom stereocenters. The van der Waals surface area contributed by atoms with Crippen LogP contribution < -0.4 is 16.0 Å². The summed E-state index contributed by atoms with van der Waals surface area (Å²) in [7, 11) is 0. The lowest BCUT2D eigenvalue weighted by atomic mass is 9.84. The molecule has 0 aliphatic carbocycles. The number of carbonyl (C=O) groups excluding carboxylic acids is 2. The summed E-state index contributed by atoms with van der Waals surface area (Å²) in [5.74, 6) is -1.06. The molecule has 0 aromatic heterocycles. The molecule has 1 heterocycles. The van der Waals surface area contributed by atoms with Crippen molar-refractivity contribution in [3.8, 4) is 0 Å². The number of benzene rings is 3. The van der Waals surface area contributed by atoms with Gasteiger partial charge in [0, 0.05) is 32.5 Å². The van der Waals surface area contributed by atoms with Gasteiger partial charge in [-0.2, -0.15) is 0 Å². The van der Waals surface area contributed by atoms with Gasteiger partial charge in [-0.05, 0) is 74.4 Å². The first-order valence-electron chi connectivity index (χ1n) is 10.5. The van der Waals surface area contributed by atoms with Crippen LogP contribution in [0.4, 0.5) is 11.4 Å². The number of hydrogen-bond donors (Lipinski definition) is 3. The number of amides is 2. The maximum Gasteiger partial charge on any atom is 0.263 e. The fraction of sp³-hybridized carbons (Fsp3) is 0.154. The average Bonchev–Trinajstić information content (AvgIpc) is 2.76. The quantitative estimate of drug-likeness (QED) is 0.216. The number of anilines is 2. The van der Waals surface area contributed by atoms with Crippen molar-refractivity contribution in [2.24, 2.45) is 0 Å². The number of rotatable bonds is 4. The van der Waals surface area contributed by atoms with E-state index in [0.717, 1.165) is 17.5 Å². The third-order valence-corrected chi connectivity index (χ3v) is 5.79. The molecule has 0 saturated carbocycles. The first kappa shape index (κ1) is 25.6. The van der Waals surface area contributed by atoms with Crippen molar-refractivity contribution >= 4 is 64.5 Å². The summed E-state index contributed by atoms with van der Waals surface area (Å²) in [6, 6.07) is 21.2. The predicted molar refractivity (Wildman–Crippen MR) is 142 cm³/mol. The summed E-state index contributed by atoms with van der Waals surface area (Å²) in [6.45, 7) is 4.07. The van der Waals surface area contributed by atoms with Crippen LogP contribution >= 0.6 is 35.6 Å². The molecule has 1 aliphatic rings. The zero-order valence-corrected chi connectivity index (χ0v) is 20.9. The van der Waals surface area contributed by atoms with Gasteiger partial charge in [-0.25, -0.2) is 0 Å². The van der Waals surface area contributed by atoms with Gasteiger partial charge in [0.1, 0.15) is 5.57 Å². The number of nitrogens with one attached hydrogen (secondary N) is 3. The standard InChI is InChI=1S/C26H23Cl2N3O2.ClH/c1-26(2)15-16-5-3-4-6-21(16)23(31-26)22(24(32)29-19-11-7-17(27)8-12-19)25(33)30-20-13-9-18(28)10-14-20;/h3-14,31H,15H2,1-2H3,(H,29,32)(H,30,33);1H. The lowest BCUT2D eigenvalue weighted by Gasteiger charge is -2.36. The first-order valence-corrected chi connectivity index (χ1v) is 11.2. The lowest BCUT2D eigenvalue weighted by Crippen LogP contribution is -2.45. The zero-order valence-electron chi connectivity index (χ0n) is 18.6. The van der Waals surface area contributed by atoms with E-state index in [-0.39, 0.29) is 23.5 Å². The Balaban J connectivity index is 0.00000324. The highest BCUT2D eigenvalue weighted by molar-refractivity contribution is 6.32. The van der Waals surface area contributed by atoms with Crippen LogP contribution in [-0.4, -0.2) is 17.4 Å². The molecule has 3 N–H and O–H groups in total. The Morgan fingerprint density at radius 3 is 1.76 bits per heavy atom. The Bertz CT molecular complexity index is 1180. The van der Waals surface area contributed by atoms with Crippen molar-refractivity contribution in [3.63, 3.8) is 0 Å². The lowest BCUT2D eigenvalue weighted by molar-refractivity contribution is -0.118. The molecule has 2 amide bonds. The van der Waals surface area contributed by atoms with Crippen LogP contribution in [-0.2, 0) is 16.0 Å². The fourth-order valence-electron chi connectivity index (χ4n) is 3.83. The topological polar surface area (TPSA) is 70.2 Å². The van der Waals surface area contributed by atoms with Crippen molar-refractivity contribution in [2.75, 3.05) is 10.6 Å². The van der Waals surface area contributed by atoms with Crippen LogP contribution in [0.15, 0.2) is 78.4 Å². The molecule has 5 nitrogen and oxygen atoms in total. The number of fused-ring (bicyclic) bond motifs is 1. The Morgan fingerprint density at radius 1 is 0.794 bits per heavy atom. The van der Waals surface area contributed by atoms with Gasteiger partial charge >= 0.3 is 0 Å². The molecule has 176 valence electrons. The molecule has 0 radical (unpaired) electrons. The van der Waals surface area contributed by atoms with Crippen molar-refractivity contribution in [1.29, 1.82) is 0 Å². The van der Waals surface area contributed by atoms with Crippen LogP contribution in [0.5, 0.6) is 0 Å². The van der Waals surface area contributed by atoms with Crippen molar-refractivity contribution < 1.29 is 9.59 Å². The van der Waals surface area contributed by atoms with Crippen molar-refractivity contribution in [1.82, 2.24) is 5.32 Å². The highest BCUT2D eigenvalue weighted by Crippen LogP contribution is 2.32. The third-order valence-electron chi connectivity index (χ3n) is 5.29. The van der Waals surface area contributed by atoms with Crippen LogP contribution in [0.25, 0.3) is 5.70 Å². The summed E-state index contributed by atoms with van der Waals surface area (Å²) < 4.78 is 0. The molecule has 1 aliphatic heterocycles. The van der Waals surface area contributed by atoms with Gasteiger partial charge in [0.2, 0.25) is 0 Å². The smallest absolute Gasteiger partial charge is 0.263 e. The first-order chi connectivity index (χ1) is 15.7. The number of carbonyl (C=O) groups is 2. The largest absolute Gasteiger partial charge is 0.379 e. The van der Waals surface area contributed by atoms with E-state index in [2.05, 4.69) is 16.0 Å². The Labute approximate surface area is 215 Å². The maximum atomic E-state index is 13.5. The summed E-state index contributed by atoms with van der Waals surface area (Å²) in [5.41, 5.74) is 3.07. The average molecular weight is 517 g/mol. The van der Waals surface area contributed by atoms with Gasteiger partial charge in [0.25, 0.3) is 11.8 Å². The molecule has 0 fully saturated rings. The van der Waals surface area contributed by atoms with E-state index in [1.165, 1.54) is 0 Å². The zero-order chi connectivity index (χ0) is 23.6. The summed E-state index contributed by atoms with van der Waals surface area (Å²) in [5, 5.41) is 10.2. The molecule has 0 bridgehead atoms. The summed E-state index contributed by atoms with van der Waals surface area (Å²) in [6.07, 6.45) is 0.761. The van der Waals surface area contributed by atoms with Crippen LogP contribution in [0.3, 0.4) is 0 Å². The van der Waals surface area contributed by atoms with E-state index in [4.69, 9.17) is 23.2 Å². The molecule has 8 heteroatoms. The third kappa shape index (κ3) is 5.92. The van der Waals surface area contributed by atoms with E-state index in [9.17, 15) is 9.59 Å². The minimum Gasteiger partial charge on any atom is -0.379 e. The van der Waals surface area contributed by atoms with Crippen molar-refractivity contribution in [2.45, 2.75) is 25.8 Å². The van der Waals surface area contributed by atoms with Gasteiger partial charge in [0.15, 0.2) is 0 Å². The molecule has 0 spiro atoms. The van der Waals surface area contributed by atoms with Gasteiger partial charge in [0.05, 0.1) is 5.70 Å². The van der Waals surface area contributed by atoms with Crippen LogP contribution in [0.2, 0.25) is 10.0 Å². The second-order valence-electron chi connectivity index (χ2n) is 8.51. The maximum absolute atomic E-state index is 13.5. The Morgan fingerprint density at radius 2 is 1.26 bits per heavy atom. The van der Waals surface area contributed by atoms with E-state index in [0.29, 0.717) is 27.1 Å². The monoisotopic (exact) mass is 515 g/mol.